The fraction of sp³-hybridized carbons (Fsp3) is 0.300. The summed E-state index contributed by atoms with van der Waals surface area (Å²) in [7, 11) is 0. The third-order valence-corrected chi connectivity index (χ3v) is 3.53. The van der Waals surface area contributed by atoms with Crippen LogP contribution in [0.15, 0.2) is 48.8 Å². The smallest absolute Gasteiger partial charge is 0.263 e. The number of ether oxygens (including phenoxy) is 1. The van der Waals surface area contributed by atoms with Crippen molar-refractivity contribution in [3.05, 3.63) is 59.9 Å². The standard InChI is InChI=1S/C20H24N2O3/c1-15(23)14-22-19(24)20(2,3)25-18-8-6-16(7-9-18)4-5-17-10-12-21-13-11-17/h4-13,15,23H,14H2,1-3H3,(H,22,24)/b5-4+. The predicted molar refractivity (Wildman–Crippen MR) is 99.0 cm³/mol. The molecule has 1 atom stereocenters. The normalized spacial score (nSPS) is 12.8. The molecule has 0 saturated heterocycles. The van der Waals surface area contributed by atoms with Crippen LogP contribution in [0, 0.1) is 0 Å². The topological polar surface area (TPSA) is 71.5 Å². The summed E-state index contributed by atoms with van der Waals surface area (Å²) < 4.78 is 5.79. The molecule has 1 aromatic heterocycles. The second kappa shape index (κ2) is 8.44. The van der Waals surface area contributed by atoms with Crippen LogP contribution >= 0.6 is 0 Å². The molecule has 0 aliphatic rings. The van der Waals surface area contributed by atoms with E-state index in [1.165, 1.54) is 0 Å². The number of aliphatic hydroxyl groups excluding tert-OH is 1. The maximum Gasteiger partial charge on any atom is 0.263 e. The summed E-state index contributed by atoms with van der Waals surface area (Å²) in [6, 6.07) is 11.4. The van der Waals surface area contributed by atoms with E-state index >= 15 is 0 Å². The molecule has 132 valence electrons. The number of nitrogens with one attached hydrogen (secondary N) is 1. The summed E-state index contributed by atoms with van der Waals surface area (Å²) in [5.74, 6) is 0.341. The molecule has 0 spiro atoms. The van der Waals surface area contributed by atoms with Gasteiger partial charge in [0.25, 0.3) is 5.91 Å². The molecule has 0 aliphatic carbocycles. The fourth-order valence-electron chi connectivity index (χ4n) is 2.11. The van der Waals surface area contributed by atoms with Gasteiger partial charge in [-0.2, -0.15) is 0 Å². The second-order valence-corrected chi connectivity index (χ2v) is 6.35. The number of hydrogen-bond donors (Lipinski definition) is 2. The molecule has 0 radical (unpaired) electrons. The first-order valence-electron chi connectivity index (χ1n) is 8.20. The molecule has 2 rings (SSSR count). The van der Waals surface area contributed by atoms with Gasteiger partial charge >= 0.3 is 0 Å². The number of rotatable bonds is 7. The van der Waals surface area contributed by atoms with Crippen LogP contribution in [0.3, 0.4) is 0 Å². The molecular formula is C20H24N2O3. The summed E-state index contributed by atoms with van der Waals surface area (Å²) in [6.07, 6.45) is 6.92. The third-order valence-electron chi connectivity index (χ3n) is 3.53. The molecule has 1 unspecified atom stereocenters. The highest BCUT2D eigenvalue weighted by atomic mass is 16.5. The Labute approximate surface area is 148 Å². The van der Waals surface area contributed by atoms with Crippen LogP contribution in [0.5, 0.6) is 5.75 Å². The van der Waals surface area contributed by atoms with Gasteiger partial charge in [0.1, 0.15) is 5.75 Å². The molecule has 1 amide bonds. The first-order valence-corrected chi connectivity index (χ1v) is 8.20. The van der Waals surface area contributed by atoms with E-state index in [0.29, 0.717) is 5.75 Å². The fourth-order valence-corrected chi connectivity index (χ4v) is 2.11. The molecule has 0 saturated carbocycles. The number of aromatic nitrogens is 1. The number of carbonyl (C=O) groups excluding carboxylic acids is 1. The largest absolute Gasteiger partial charge is 0.478 e. The number of carbonyl (C=O) groups is 1. The number of amides is 1. The lowest BCUT2D eigenvalue weighted by molar-refractivity contribution is -0.134. The number of benzene rings is 1. The van der Waals surface area contributed by atoms with E-state index in [0.717, 1.165) is 11.1 Å². The van der Waals surface area contributed by atoms with Crippen LogP contribution in [0.2, 0.25) is 0 Å². The van der Waals surface area contributed by atoms with Crippen LogP contribution in [-0.4, -0.2) is 34.2 Å². The Bertz CT molecular complexity index is 707. The summed E-state index contributed by atoms with van der Waals surface area (Å²) in [5.41, 5.74) is 1.08. The van der Waals surface area contributed by atoms with E-state index in [9.17, 15) is 9.90 Å². The highest BCUT2D eigenvalue weighted by molar-refractivity contribution is 5.84. The molecule has 5 nitrogen and oxygen atoms in total. The van der Waals surface area contributed by atoms with Crippen LogP contribution in [-0.2, 0) is 4.79 Å². The van der Waals surface area contributed by atoms with E-state index in [4.69, 9.17) is 4.74 Å². The van der Waals surface area contributed by atoms with Gasteiger partial charge in [-0.05, 0) is 56.2 Å². The maximum atomic E-state index is 12.1. The van der Waals surface area contributed by atoms with Gasteiger partial charge < -0.3 is 15.2 Å². The molecule has 0 aliphatic heterocycles. The van der Waals surface area contributed by atoms with Gasteiger partial charge in [-0.25, -0.2) is 0 Å². The van der Waals surface area contributed by atoms with Crippen molar-refractivity contribution in [2.75, 3.05) is 6.54 Å². The number of pyridine rings is 1. The monoisotopic (exact) mass is 340 g/mol. The van der Waals surface area contributed by atoms with Crippen molar-refractivity contribution in [1.82, 2.24) is 10.3 Å². The van der Waals surface area contributed by atoms with Crippen molar-refractivity contribution in [1.29, 1.82) is 0 Å². The number of hydrogen-bond acceptors (Lipinski definition) is 4. The zero-order chi connectivity index (χ0) is 18.3. The van der Waals surface area contributed by atoms with Crippen LogP contribution in [0.4, 0.5) is 0 Å². The highest BCUT2D eigenvalue weighted by Crippen LogP contribution is 2.20. The zero-order valence-corrected chi connectivity index (χ0v) is 14.8. The summed E-state index contributed by atoms with van der Waals surface area (Å²) in [5, 5.41) is 11.9. The molecule has 5 heteroatoms. The minimum atomic E-state index is -1.02. The van der Waals surface area contributed by atoms with Gasteiger partial charge in [0.05, 0.1) is 6.10 Å². The highest BCUT2D eigenvalue weighted by Gasteiger charge is 2.29. The van der Waals surface area contributed by atoms with E-state index in [2.05, 4.69) is 10.3 Å². The number of aliphatic hydroxyl groups is 1. The summed E-state index contributed by atoms with van der Waals surface area (Å²) in [6.45, 7) is 5.21. The van der Waals surface area contributed by atoms with E-state index < -0.39 is 11.7 Å². The average molecular weight is 340 g/mol. The number of nitrogens with zero attached hydrogens (tertiary/aromatic N) is 1. The van der Waals surface area contributed by atoms with Gasteiger partial charge in [-0.1, -0.05) is 24.3 Å². The van der Waals surface area contributed by atoms with E-state index in [-0.39, 0.29) is 12.5 Å². The Balaban J connectivity index is 1.97. The summed E-state index contributed by atoms with van der Waals surface area (Å²) in [4.78, 5) is 16.1. The van der Waals surface area contributed by atoms with Gasteiger partial charge in [-0.15, -0.1) is 0 Å². The molecule has 0 fully saturated rings. The van der Waals surface area contributed by atoms with Crippen molar-refractivity contribution in [3.63, 3.8) is 0 Å². The average Bonchev–Trinajstić information content (AvgIpc) is 2.59. The van der Waals surface area contributed by atoms with Crippen molar-refractivity contribution in [3.8, 4) is 5.75 Å². The lowest BCUT2D eigenvalue weighted by Gasteiger charge is -2.25. The lowest BCUT2D eigenvalue weighted by Crippen LogP contribution is -2.48. The molecule has 1 heterocycles. The Kier molecular flexibility index (Phi) is 6.31. The van der Waals surface area contributed by atoms with Crippen molar-refractivity contribution in [2.45, 2.75) is 32.5 Å². The molecule has 2 aromatic rings. The van der Waals surface area contributed by atoms with Crippen molar-refractivity contribution < 1.29 is 14.6 Å². The Hall–Kier alpha value is -2.66. The second-order valence-electron chi connectivity index (χ2n) is 6.35. The van der Waals surface area contributed by atoms with Gasteiger partial charge in [0.2, 0.25) is 0 Å². The zero-order valence-electron chi connectivity index (χ0n) is 14.8. The quantitative estimate of drug-likeness (QED) is 0.813. The molecule has 0 bridgehead atoms. The lowest BCUT2D eigenvalue weighted by atomic mass is 10.1. The Morgan fingerprint density at radius 2 is 1.72 bits per heavy atom. The first-order chi connectivity index (χ1) is 11.9. The molecule has 2 N–H and O–H groups in total. The van der Waals surface area contributed by atoms with E-state index in [1.54, 1.807) is 33.2 Å². The Morgan fingerprint density at radius 1 is 1.16 bits per heavy atom. The molecule has 25 heavy (non-hydrogen) atoms. The van der Waals surface area contributed by atoms with Crippen LogP contribution in [0.1, 0.15) is 31.9 Å². The molecular weight excluding hydrogens is 316 g/mol. The molecule has 1 aromatic carbocycles. The SMILES string of the molecule is CC(O)CNC(=O)C(C)(C)Oc1ccc(/C=C/c2ccncc2)cc1. The first kappa shape index (κ1) is 18.7. The van der Waals surface area contributed by atoms with Crippen molar-refractivity contribution >= 4 is 18.1 Å². The predicted octanol–water partition coefficient (Wildman–Crippen LogP) is 2.91. The van der Waals surface area contributed by atoms with Gasteiger partial charge in [-0.3, -0.25) is 9.78 Å². The van der Waals surface area contributed by atoms with Gasteiger partial charge in [0, 0.05) is 18.9 Å². The van der Waals surface area contributed by atoms with Crippen LogP contribution in [0.25, 0.3) is 12.2 Å². The van der Waals surface area contributed by atoms with Crippen LogP contribution < -0.4 is 10.1 Å². The Morgan fingerprint density at radius 3 is 2.28 bits per heavy atom. The van der Waals surface area contributed by atoms with Crippen molar-refractivity contribution in [2.24, 2.45) is 0 Å². The van der Waals surface area contributed by atoms with E-state index in [1.807, 2.05) is 48.6 Å². The minimum Gasteiger partial charge on any atom is -0.478 e. The maximum absolute atomic E-state index is 12.1. The minimum absolute atomic E-state index is 0.199. The summed E-state index contributed by atoms with van der Waals surface area (Å²) >= 11 is 0. The third kappa shape index (κ3) is 6.04. The van der Waals surface area contributed by atoms with Gasteiger partial charge in [0.15, 0.2) is 5.60 Å².